The lowest BCUT2D eigenvalue weighted by Crippen LogP contribution is -2.26. The van der Waals surface area contributed by atoms with Crippen LogP contribution in [0.5, 0.6) is 0 Å². The maximum Gasteiger partial charge on any atom is 0.399 e. The van der Waals surface area contributed by atoms with E-state index in [0.29, 0.717) is 22.8 Å². The van der Waals surface area contributed by atoms with Gasteiger partial charge in [-0.1, -0.05) is 76.6 Å². The van der Waals surface area contributed by atoms with Crippen LogP contribution in [0.1, 0.15) is 35.2 Å². The standard InChI is InChI=1S/C28H24BrF2N2O6P/c29-23-13-20(11-12-22(23)28(30,31)40(35,36)37)15-33-24(16-32(27(33)34)14-19-7-3-1-4-8-19)26-18-38-17-25(39-26)21-9-5-2-6-10-21/h1-5,7-9,11-13,16-18H,6,10,14-15H2,(H2,35,36,37). The fourth-order valence-corrected chi connectivity index (χ4v) is 5.74. The Bertz CT molecular complexity index is 1670. The lowest BCUT2D eigenvalue weighted by Gasteiger charge is -2.21. The van der Waals surface area contributed by atoms with E-state index in [2.05, 4.69) is 15.9 Å². The van der Waals surface area contributed by atoms with Crippen LogP contribution in [0.15, 0.2) is 106 Å². The van der Waals surface area contributed by atoms with E-state index < -0.39 is 18.8 Å². The minimum Gasteiger partial charge on any atom is -0.465 e. The average Bonchev–Trinajstić information content (AvgIpc) is 3.23. The van der Waals surface area contributed by atoms with Gasteiger partial charge in [0.25, 0.3) is 0 Å². The van der Waals surface area contributed by atoms with E-state index in [1.165, 1.54) is 33.8 Å². The summed E-state index contributed by atoms with van der Waals surface area (Å²) in [6.07, 6.45) is 12.1. The van der Waals surface area contributed by atoms with Crippen LogP contribution >= 0.6 is 23.5 Å². The highest BCUT2D eigenvalue weighted by molar-refractivity contribution is 9.10. The van der Waals surface area contributed by atoms with Crippen molar-refractivity contribution < 1.29 is 32.6 Å². The monoisotopic (exact) mass is 632 g/mol. The number of nitrogens with zero attached hydrogens (tertiary/aromatic N) is 2. The number of rotatable bonds is 8. The van der Waals surface area contributed by atoms with Gasteiger partial charge in [0.05, 0.1) is 13.1 Å². The number of ether oxygens (including phenoxy) is 2. The van der Waals surface area contributed by atoms with E-state index in [1.807, 2.05) is 48.6 Å². The fraction of sp³-hybridized carbons (Fsp3) is 0.179. The average molecular weight is 633 g/mol. The van der Waals surface area contributed by atoms with Crippen molar-refractivity contribution in [3.8, 4) is 0 Å². The number of hydrogen-bond donors (Lipinski definition) is 2. The molecule has 0 radical (unpaired) electrons. The van der Waals surface area contributed by atoms with Crippen LogP contribution in [0.4, 0.5) is 8.78 Å². The number of imidazole rings is 1. The molecule has 2 aliphatic rings. The van der Waals surface area contributed by atoms with Gasteiger partial charge >= 0.3 is 18.9 Å². The number of allylic oxidation sites excluding steroid dienone is 4. The second-order valence-corrected chi connectivity index (χ2v) is 11.8. The molecule has 40 heavy (non-hydrogen) atoms. The van der Waals surface area contributed by atoms with Gasteiger partial charge in [-0.05, 0) is 35.6 Å². The van der Waals surface area contributed by atoms with Crippen molar-refractivity contribution in [2.24, 2.45) is 0 Å². The highest BCUT2D eigenvalue weighted by atomic mass is 79.9. The SMILES string of the molecule is O=c1n(Cc2ccccc2)cc(C2=COC=C(C3=CC=CCC3)O2)n1Cc1ccc(C(F)(F)P(=O)(O)O)c(Br)c1. The zero-order valence-electron chi connectivity index (χ0n) is 20.9. The maximum atomic E-state index is 14.4. The fourth-order valence-electron chi connectivity index (χ4n) is 4.40. The Hall–Kier alpha value is -3.50. The molecule has 1 aromatic heterocycles. The van der Waals surface area contributed by atoms with Crippen molar-refractivity contribution >= 4 is 29.3 Å². The van der Waals surface area contributed by atoms with Gasteiger partial charge in [-0.3, -0.25) is 13.7 Å². The first kappa shape index (κ1) is 28.0. The lowest BCUT2D eigenvalue weighted by atomic mass is 10.0. The molecule has 0 saturated carbocycles. The van der Waals surface area contributed by atoms with Crippen molar-refractivity contribution in [3.05, 3.63) is 134 Å². The molecule has 1 aliphatic carbocycles. The topological polar surface area (TPSA) is 103 Å². The van der Waals surface area contributed by atoms with E-state index in [4.69, 9.17) is 19.3 Å². The summed E-state index contributed by atoms with van der Waals surface area (Å²) in [4.78, 5) is 31.9. The molecule has 0 unspecified atom stereocenters. The second kappa shape index (κ2) is 11.2. The Morgan fingerprint density at radius 1 is 1.02 bits per heavy atom. The van der Waals surface area contributed by atoms with Crippen molar-refractivity contribution in [2.45, 2.75) is 31.6 Å². The molecular formula is C28H24BrF2N2O6P. The number of hydrogen-bond acceptors (Lipinski definition) is 4. The molecule has 0 saturated heterocycles. The zero-order chi connectivity index (χ0) is 28.5. The predicted molar refractivity (Wildman–Crippen MR) is 148 cm³/mol. The van der Waals surface area contributed by atoms with Crippen LogP contribution in [-0.4, -0.2) is 18.9 Å². The van der Waals surface area contributed by atoms with Gasteiger partial charge in [-0.2, -0.15) is 8.78 Å². The third kappa shape index (κ3) is 5.69. The number of halogens is 3. The molecule has 0 spiro atoms. The normalized spacial score (nSPS) is 15.6. The molecular weight excluding hydrogens is 609 g/mol. The molecule has 2 N–H and O–H groups in total. The van der Waals surface area contributed by atoms with Crippen LogP contribution in [0.25, 0.3) is 5.76 Å². The summed E-state index contributed by atoms with van der Waals surface area (Å²) in [6.45, 7) is 0.241. The number of benzene rings is 2. The second-order valence-electron chi connectivity index (χ2n) is 9.26. The maximum absolute atomic E-state index is 14.4. The quantitative estimate of drug-likeness (QED) is 0.287. The lowest BCUT2D eigenvalue weighted by molar-refractivity contribution is 0.0557. The van der Waals surface area contributed by atoms with E-state index in [1.54, 1.807) is 6.20 Å². The van der Waals surface area contributed by atoms with Gasteiger partial charge in [0.1, 0.15) is 18.2 Å². The van der Waals surface area contributed by atoms with Gasteiger partial charge in [-0.15, -0.1) is 0 Å². The van der Waals surface area contributed by atoms with Crippen molar-refractivity contribution in [1.29, 1.82) is 0 Å². The van der Waals surface area contributed by atoms with Gasteiger partial charge in [0, 0.05) is 16.2 Å². The van der Waals surface area contributed by atoms with Gasteiger partial charge in [0.2, 0.25) is 0 Å². The molecule has 2 aromatic carbocycles. The zero-order valence-corrected chi connectivity index (χ0v) is 23.4. The largest absolute Gasteiger partial charge is 0.465 e. The Kier molecular flexibility index (Phi) is 7.83. The first-order chi connectivity index (χ1) is 19.0. The smallest absolute Gasteiger partial charge is 0.399 e. The predicted octanol–water partition coefficient (Wildman–Crippen LogP) is 6.20. The first-order valence-corrected chi connectivity index (χ1v) is 14.6. The molecule has 0 amide bonds. The number of aromatic nitrogens is 2. The Balaban J connectivity index is 1.51. The van der Waals surface area contributed by atoms with Crippen molar-refractivity contribution in [1.82, 2.24) is 9.13 Å². The summed E-state index contributed by atoms with van der Waals surface area (Å²) < 4.78 is 54.6. The van der Waals surface area contributed by atoms with Gasteiger partial charge < -0.3 is 19.3 Å². The minimum absolute atomic E-state index is 0.0402. The minimum atomic E-state index is -5.76. The third-order valence-electron chi connectivity index (χ3n) is 6.46. The van der Waals surface area contributed by atoms with E-state index >= 15 is 0 Å². The summed E-state index contributed by atoms with van der Waals surface area (Å²) in [7, 11) is -5.76. The first-order valence-electron chi connectivity index (χ1n) is 12.2. The van der Waals surface area contributed by atoms with E-state index in [-0.39, 0.29) is 23.3 Å². The Morgan fingerprint density at radius 3 is 2.45 bits per heavy atom. The highest BCUT2D eigenvalue weighted by Crippen LogP contribution is 2.60. The summed E-state index contributed by atoms with van der Waals surface area (Å²) in [5.41, 5.74) is -2.93. The molecule has 2 heterocycles. The molecule has 8 nitrogen and oxygen atoms in total. The molecule has 0 bridgehead atoms. The molecule has 12 heteroatoms. The molecule has 3 aromatic rings. The molecule has 208 valence electrons. The Morgan fingerprint density at radius 2 is 1.77 bits per heavy atom. The molecule has 1 aliphatic heterocycles. The van der Waals surface area contributed by atoms with Crippen molar-refractivity contribution in [2.75, 3.05) is 0 Å². The summed E-state index contributed by atoms with van der Waals surface area (Å²) in [5, 5.41) is 0. The van der Waals surface area contributed by atoms with Gasteiger partial charge in [-0.25, -0.2) is 4.79 Å². The van der Waals surface area contributed by atoms with Gasteiger partial charge in [0.15, 0.2) is 11.5 Å². The summed E-state index contributed by atoms with van der Waals surface area (Å²) >= 11 is 3.01. The van der Waals surface area contributed by atoms with Crippen LogP contribution in [-0.2, 0) is 32.8 Å². The van der Waals surface area contributed by atoms with E-state index in [9.17, 15) is 18.1 Å². The van der Waals surface area contributed by atoms with Crippen LogP contribution in [0.2, 0.25) is 0 Å². The summed E-state index contributed by atoms with van der Waals surface area (Å²) in [5.74, 6) is 0.809. The van der Waals surface area contributed by atoms with Crippen molar-refractivity contribution in [3.63, 3.8) is 0 Å². The van der Waals surface area contributed by atoms with Crippen LogP contribution in [0.3, 0.4) is 0 Å². The molecule has 5 rings (SSSR count). The molecule has 0 atom stereocenters. The van der Waals surface area contributed by atoms with Crippen LogP contribution < -0.4 is 5.69 Å². The summed E-state index contributed by atoms with van der Waals surface area (Å²) in [6, 6.07) is 12.9. The third-order valence-corrected chi connectivity index (χ3v) is 8.09. The van der Waals surface area contributed by atoms with Crippen LogP contribution in [0, 0.1) is 0 Å². The number of alkyl halides is 2. The highest BCUT2D eigenvalue weighted by Gasteiger charge is 2.51. The molecule has 0 fully saturated rings. The Labute approximate surface area is 236 Å². The van der Waals surface area contributed by atoms with E-state index in [0.717, 1.165) is 30.0 Å².